The lowest BCUT2D eigenvalue weighted by Gasteiger charge is -2.33. The fraction of sp³-hybridized carbons (Fsp3) is 0.310. The van der Waals surface area contributed by atoms with Gasteiger partial charge in [-0.1, -0.05) is 66.7 Å². The van der Waals surface area contributed by atoms with E-state index in [4.69, 9.17) is 4.74 Å². The summed E-state index contributed by atoms with van der Waals surface area (Å²) >= 11 is 0. The molecule has 3 aliphatic rings. The van der Waals surface area contributed by atoms with Gasteiger partial charge in [0.05, 0.1) is 10.8 Å². The van der Waals surface area contributed by atoms with Crippen LogP contribution in [-0.2, 0) is 16.0 Å². The molecule has 2 fully saturated rings. The average Bonchev–Trinajstić information content (AvgIpc) is 3.55. The summed E-state index contributed by atoms with van der Waals surface area (Å²) in [6.07, 6.45) is 1.65. The minimum atomic E-state index is -1.26. The molecule has 0 bridgehead atoms. The maximum atomic E-state index is 13.5. The highest BCUT2D eigenvalue weighted by Gasteiger charge is 2.72. The fourth-order valence-corrected chi connectivity index (χ4v) is 6.42. The van der Waals surface area contributed by atoms with Crippen molar-refractivity contribution in [1.29, 1.82) is 0 Å². The summed E-state index contributed by atoms with van der Waals surface area (Å²) in [5, 5.41) is 10.1. The van der Waals surface area contributed by atoms with E-state index in [1.165, 1.54) is 0 Å². The van der Waals surface area contributed by atoms with Gasteiger partial charge in [0.15, 0.2) is 5.54 Å². The Morgan fingerprint density at radius 1 is 0.972 bits per heavy atom. The topological polar surface area (TPSA) is 95.7 Å². The van der Waals surface area contributed by atoms with Crippen molar-refractivity contribution in [2.75, 3.05) is 6.54 Å². The molecule has 1 saturated carbocycles. The van der Waals surface area contributed by atoms with Crippen molar-refractivity contribution in [1.82, 2.24) is 5.43 Å². The smallest absolute Gasteiger partial charge is 0.307 e. The van der Waals surface area contributed by atoms with E-state index in [9.17, 15) is 19.6 Å². The first kappa shape index (κ1) is 22.5. The minimum Gasteiger partial charge on any atom is -0.481 e. The lowest BCUT2D eigenvalue weighted by atomic mass is 9.74. The van der Waals surface area contributed by atoms with E-state index in [-0.39, 0.29) is 30.6 Å². The summed E-state index contributed by atoms with van der Waals surface area (Å²) in [5.74, 6) is -1.29. The molecule has 0 spiro atoms. The van der Waals surface area contributed by atoms with Crippen LogP contribution in [0.15, 0.2) is 78.9 Å². The Morgan fingerprint density at radius 3 is 2.17 bits per heavy atom. The highest BCUT2D eigenvalue weighted by atomic mass is 16.5. The van der Waals surface area contributed by atoms with Crippen molar-refractivity contribution in [3.8, 4) is 11.5 Å². The molecule has 1 saturated heterocycles. The average molecular weight is 484 g/mol. The monoisotopic (exact) mass is 483 g/mol. The Morgan fingerprint density at radius 2 is 1.58 bits per heavy atom. The third-order valence-corrected chi connectivity index (χ3v) is 8.08. The zero-order valence-electron chi connectivity index (χ0n) is 19.7. The first-order valence-corrected chi connectivity index (χ1v) is 12.4. The van der Waals surface area contributed by atoms with Crippen LogP contribution in [0.1, 0.15) is 35.4 Å². The Kier molecular flexibility index (Phi) is 5.36. The maximum Gasteiger partial charge on any atom is 0.307 e. The SMILES string of the molecule is O=C(O)C1C(CCc2ccccc2)C1C1(CC2c3ccccc3Oc3ccccc32)N[N+](=O)CC1=O. The number of aliphatic carboxylic acids is 1. The van der Waals surface area contributed by atoms with E-state index in [1.807, 2.05) is 78.9 Å². The minimum absolute atomic E-state index is 0.198. The fourth-order valence-electron chi connectivity index (χ4n) is 6.42. The number of aryl methyl sites for hydroxylation is 1. The van der Waals surface area contributed by atoms with Gasteiger partial charge in [-0.25, -0.2) is 0 Å². The number of hydrogen-bond donors (Lipinski definition) is 2. The summed E-state index contributed by atoms with van der Waals surface area (Å²) in [6.45, 7) is -0.291. The molecule has 2 aliphatic heterocycles. The molecule has 36 heavy (non-hydrogen) atoms. The molecule has 0 radical (unpaired) electrons. The van der Waals surface area contributed by atoms with Gasteiger partial charge in [-0.3, -0.25) is 9.59 Å². The number of benzene rings is 3. The van der Waals surface area contributed by atoms with Crippen molar-refractivity contribution in [3.05, 3.63) is 100 Å². The predicted octanol–water partition coefficient (Wildman–Crippen LogP) is 4.50. The molecule has 2 heterocycles. The van der Waals surface area contributed by atoms with E-state index in [0.717, 1.165) is 23.1 Å². The molecule has 2 N–H and O–H groups in total. The standard InChI is InChI=1S/C29H26N2O5/c32-25-17-31(35)30-29(25,27-21(26(27)28(33)34)15-14-18-8-2-1-3-9-18)16-22-19-10-4-6-12-23(19)36-24-13-7-5-11-20(22)24/h1-13,21-22,26-27H,14-17H2,(H-,30,33,34,35)/p+1. The summed E-state index contributed by atoms with van der Waals surface area (Å²) in [6, 6.07) is 25.3. The summed E-state index contributed by atoms with van der Waals surface area (Å²) in [4.78, 5) is 38.9. The van der Waals surface area contributed by atoms with Crippen LogP contribution in [-0.4, -0.2) is 33.8 Å². The Balaban J connectivity index is 1.38. The van der Waals surface area contributed by atoms with Crippen LogP contribution in [0.4, 0.5) is 0 Å². The number of carboxylic acids is 1. The Bertz CT molecular complexity index is 1310. The number of ketones is 1. The molecule has 7 heteroatoms. The van der Waals surface area contributed by atoms with Gasteiger partial charge in [0.2, 0.25) is 5.78 Å². The zero-order valence-corrected chi connectivity index (χ0v) is 19.7. The van der Waals surface area contributed by atoms with Gasteiger partial charge < -0.3 is 9.84 Å². The van der Waals surface area contributed by atoms with Gasteiger partial charge in [-0.05, 0) is 42.9 Å². The summed E-state index contributed by atoms with van der Waals surface area (Å²) in [5.41, 5.74) is 4.67. The molecule has 0 amide bonds. The molecule has 0 aromatic heterocycles. The van der Waals surface area contributed by atoms with Crippen molar-refractivity contribution in [3.63, 3.8) is 0 Å². The number of Topliss-reactive ketones (excluding diaryl/α,β-unsaturated/α-hetero) is 1. The summed E-state index contributed by atoms with van der Waals surface area (Å²) < 4.78 is 6.13. The van der Waals surface area contributed by atoms with E-state index < -0.39 is 23.3 Å². The number of hydrogen-bond acceptors (Lipinski definition) is 4. The molecule has 182 valence electrons. The second kappa shape index (κ2) is 8.59. The molecule has 6 rings (SSSR count). The number of rotatable bonds is 7. The van der Waals surface area contributed by atoms with Crippen LogP contribution in [0.3, 0.4) is 0 Å². The van der Waals surface area contributed by atoms with Gasteiger partial charge in [0, 0.05) is 23.0 Å². The van der Waals surface area contributed by atoms with E-state index >= 15 is 0 Å². The number of nitrogens with one attached hydrogen (secondary N) is 1. The highest BCUT2D eigenvalue weighted by Crippen LogP contribution is 2.59. The normalized spacial score (nSPS) is 26.5. The third kappa shape index (κ3) is 3.66. The van der Waals surface area contributed by atoms with E-state index in [1.54, 1.807) is 0 Å². The van der Waals surface area contributed by atoms with Crippen LogP contribution in [0.5, 0.6) is 11.5 Å². The van der Waals surface area contributed by atoms with Crippen molar-refractivity contribution < 1.29 is 24.3 Å². The van der Waals surface area contributed by atoms with Crippen molar-refractivity contribution >= 4 is 11.8 Å². The Labute approximate surface area is 208 Å². The van der Waals surface area contributed by atoms with E-state index in [2.05, 4.69) is 5.43 Å². The number of nitroso groups, excluding NO2 is 1. The zero-order chi connectivity index (χ0) is 24.9. The highest BCUT2D eigenvalue weighted by molar-refractivity contribution is 5.93. The first-order valence-electron chi connectivity index (χ1n) is 12.4. The molecular formula is C29H27N2O5+. The molecule has 3 aromatic rings. The Hall–Kier alpha value is -4.00. The summed E-state index contributed by atoms with van der Waals surface area (Å²) in [7, 11) is 0. The maximum absolute atomic E-state index is 13.5. The van der Waals surface area contributed by atoms with Crippen LogP contribution >= 0.6 is 0 Å². The van der Waals surface area contributed by atoms with Crippen LogP contribution < -0.4 is 10.2 Å². The van der Waals surface area contributed by atoms with Gasteiger partial charge in [-0.15, -0.1) is 5.43 Å². The van der Waals surface area contributed by atoms with Crippen LogP contribution in [0.2, 0.25) is 0 Å². The van der Waals surface area contributed by atoms with Gasteiger partial charge >= 0.3 is 5.97 Å². The quantitative estimate of drug-likeness (QED) is 0.481. The molecule has 3 aromatic carbocycles. The van der Waals surface area contributed by atoms with Crippen LogP contribution in [0, 0.1) is 22.7 Å². The second-order valence-electron chi connectivity index (χ2n) is 10.1. The number of carbonyl (C=O) groups is 2. The van der Waals surface area contributed by atoms with Crippen molar-refractivity contribution in [2.45, 2.75) is 30.7 Å². The van der Waals surface area contributed by atoms with Gasteiger partial charge in [0.25, 0.3) is 6.54 Å². The number of fused-ring (bicyclic) bond motifs is 2. The molecule has 4 atom stereocenters. The second-order valence-corrected chi connectivity index (χ2v) is 10.1. The van der Waals surface area contributed by atoms with E-state index in [0.29, 0.717) is 22.8 Å². The van der Waals surface area contributed by atoms with Crippen LogP contribution in [0.25, 0.3) is 0 Å². The number of carbonyl (C=O) groups excluding carboxylic acids is 1. The molecular weight excluding hydrogens is 456 g/mol. The number of carboxylic acid groups (broad SMARTS) is 1. The first-order chi connectivity index (χ1) is 17.5. The van der Waals surface area contributed by atoms with Crippen molar-refractivity contribution in [2.24, 2.45) is 17.8 Å². The van der Waals surface area contributed by atoms with Gasteiger partial charge in [-0.2, -0.15) is 0 Å². The number of para-hydroxylation sites is 2. The predicted molar refractivity (Wildman–Crippen MR) is 132 cm³/mol. The largest absolute Gasteiger partial charge is 0.481 e. The molecule has 7 nitrogen and oxygen atoms in total. The third-order valence-electron chi connectivity index (χ3n) is 8.08. The molecule has 4 unspecified atom stereocenters. The lowest BCUT2D eigenvalue weighted by molar-refractivity contribution is -0.591. The number of nitrogens with zero attached hydrogens (tertiary/aromatic N) is 1. The molecule has 1 aliphatic carbocycles. The number of ether oxygens (including phenoxy) is 1. The number of hydrazine groups is 1. The lowest BCUT2D eigenvalue weighted by Crippen LogP contribution is -2.51. The van der Waals surface area contributed by atoms with Gasteiger partial charge in [0.1, 0.15) is 16.4 Å².